The number of nitrogen functional groups attached to an aromatic ring is 1. The lowest BCUT2D eigenvalue weighted by Crippen LogP contribution is -2.37. The van der Waals surface area contributed by atoms with E-state index in [-0.39, 0.29) is 5.91 Å². The van der Waals surface area contributed by atoms with Gasteiger partial charge in [0.2, 0.25) is 0 Å². The summed E-state index contributed by atoms with van der Waals surface area (Å²) in [6.45, 7) is 0. The third-order valence-corrected chi connectivity index (χ3v) is 3.95. The molecule has 2 heterocycles. The minimum Gasteiger partial charge on any atom is -0.384 e. The Hall–Kier alpha value is -1.23. The van der Waals surface area contributed by atoms with E-state index >= 15 is 0 Å². The Morgan fingerprint density at radius 2 is 2.44 bits per heavy atom. The van der Waals surface area contributed by atoms with Gasteiger partial charge in [-0.3, -0.25) is 4.79 Å². The number of rotatable bonds is 2. The van der Waals surface area contributed by atoms with E-state index in [1.807, 2.05) is 23.7 Å². The monoisotopic (exact) mass is 237 g/mol. The fourth-order valence-corrected chi connectivity index (χ4v) is 3.00. The van der Waals surface area contributed by atoms with Crippen LogP contribution in [-0.2, 0) is 0 Å². The summed E-state index contributed by atoms with van der Waals surface area (Å²) in [5.74, 6) is 2.64. The van der Waals surface area contributed by atoms with Gasteiger partial charge >= 0.3 is 0 Å². The second-order valence-corrected chi connectivity index (χ2v) is 5.06. The van der Waals surface area contributed by atoms with Crippen molar-refractivity contribution in [3.8, 4) is 0 Å². The topological polar surface area (TPSA) is 59.2 Å². The Morgan fingerprint density at radius 3 is 3.00 bits per heavy atom. The van der Waals surface area contributed by atoms with Gasteiger partial charge in [0, 0.05) is 25.0 Å². The molecule has 0 aromatic carbocycles. The van der Waals surface area contributed by atoms with Crippen molar-refractivity contribution < 1.29 is 4.79 Å². The van der Waals surface area contributed by atoms with Gasteiger partial charge in [0.25, 0.3) is 5.91 Å². The fraction of sp³-hybridized carbons (Fsp3) is 0.455. The molecule has 0 bridgehead atoms. The lowest BCUT2D eigenvalue weighted by atomic mass is 10.2. The van der Waals surface area contributed by atoms with Gasteiger partial charge < -0.3 is 10.6 Å². The van der Waals surface area contributed by atoms with Crippen LogP contribution < -0.4 is 5.73 Å². The zero-order valence-electron chi connectivity index (χ0n) is 9.22. The number of anilines is 1. The maximum atomic E-state index is 12.1. The number of amides is 1. The van der Waals surface area contributed by atoms with Crippen molar-refractivity contribution in [2.45, 2.75) is 12.5 Å². The summed E-state index contributed by atoms with van der Waals surface area (Å²) in [4.78, 5) is 17.8. The number of aromatic nitrogens is 1. The van der Waals surface area contributed by atoms with Crippen LogP contribution in [0, 0.1) is 0 Å². The van der Waals surface area contributed by atoms with Crippen LogP contribution in [-0.4, -0.2) is 40.4 Å². The van der Waals surface area contributed by atoms with Gasteiger partial charge in [-0.1, -0.05) is 0 Å². The summed E-state index contributed by atoms with van der Waals surface area (Å²) < 4.78 is 0. The summed E-state index contributed by atoms with van der Waals surface area (Å²) in [7, 11) is 1.86. The molecular weight excluding hydrogens is 222 g/mol. The first-order chi connectivity index (χ1) is 7.68. The van der Waals surface area contributed by atoms with Crippen molar-refractivity contribution in [2.24, 2.45) is 0 Å². The zero-order valence-corrected chi connectivity index (χ0v) is 10.0. The first-order valence-corrected chi connectivity index (χ1v) is 6.40. The number of hydrogen-bond acceptors (Lipinski definition) is 4. The Balaban J connectivity index is 2.08. The molecule has 1 aromatic rings. The molecule has 1 amide bonds. The molecule has 2 rings (SSSR count). The van der Waals surface area contributed by atoms with Crippen molar-refractivity contribution in [3.63, 3.8) is 0 Å². The highest BCUT2D eigenvalue weighted by molar-refractivity contribution is 7.99. The number of nitrogens with zero attached hydrogens (tertiary/aromatic N) is 2. The number of hydrogen-bond donors (Lipinski definition) is 1. The van der Waals surface area contributed by atoms with E-state index in [1.165, 1.54) is 6.20 Å². The van der Waals surface area contributed by atoms with Crippen molar-refractivity contribution >= 4 is 23.5 Å². The van der Waals surface area contributed by atoms with Crippen LogP contribution in [0.25, 0.3) is 0 Å². The highest BCUT2D eigenvalue weighted by Gasteiger charge is 2.24. The smallest absolute Gasteiger partial charge is 0.255 e. The summed E-state index contributed by atoms with van der Waals surface area (Å²) in [5.41, 5.74) is 6.09. The molecule has 1 aliphatic heterocycles. The standard InChI is InChI=1S/C11H15N3OS/c1-14(9-4-5-16-7-9)11(15)8-2-3-10(12)13-6-8/h2-3,6,9H,4-5,7H2,1H3,(H2,12,13). The van der Waals surface area contributed by atoms with E-state index in [9.17, 15) is 4.79 Å². The lowest BCUT2D eigenvalue weighted by Gasteiger charge is -2.23. The minimum absolute atomic E-state index is 0.0278. The molecule has 1 saturated heterocycles. The van der Waals surface area contributed by atoms with Crippen molar-refractivity contribution in [2.75, 3.05) is 24.3 Å². The van der Waals surface area contributed by atoms with E-state index in [0.717, 1.165) is 17.9 Å². The molecule has 0 aliphatic carbocycles. The molecule has 1 aromatic heterocycles. The normalized spacial score (nSPS) is 19.7. The van der Waals surface area contributed by atoms with E-state index in [2.05, 4.69) is 4.98 Å². The van der Waals surface area contributed by atoms with E-state index in [4.69, 9.17) is 5.73 Å². The first kappa shape index (κ1) is 11.3. The van der Waals surface area contributed by atoms with Gasteiger partial charge in [-0.05, 0) is 24.3 Å². The SMILES string of the molecule is CN(C(=O)c1ccc(N)nc1)C1CCSC1. The minimum atomic E-state index is 0.0278. The van der Waals surface area contributed by atoms with E-state index in [1.54, 1.807) is 12.1 Å². The number of carbonyl (C=O) groups is 1. The third-order valence-electron chi connectivity index (χ3n) is 2.81. The van der Waals surface area contributed by atoms with Crippen LogP contribution in [0.2, 0.25) is 0 Å². The Bertz CT molecular complexity index is 373. The van der Waals surface area contributed by atoms with Crippen molar-refractivity contribution in [3.05, 3.63) is 23.9 Å². The number of pyridine rings is 1. The molecule has 1 unspecified atom stereocenters. The molecule has 86 valence electrons. The number of carbonyl (C=O) groups excluding carboxylic acids is 1. The highest BCUT2D eigenvalue weighted by Crippen LogP contribution is 2.22. The average molecular weight is 237 g/mol. The Labute approximate surface area is 99.2 Å². The first-order valence-electron chi connectivity index (χ1n) is 5.25. The van der Waals surface area contributed by atoms with E-state index in [0.29, 0.717) is 17.4 Å². The van der Waals surface area contributed by atoms with Crippen LogP contribution in [0.15, 0.2) is 18.3 Å². The summed E-state index contributed by atoms with van der Waals surface area (Å²) >= 11 is 1.90. The van der Waals surface area contributed by atoms with Gasteiger partial charge in [-0.15, -0.1) is 0 Å². The fourth-order valence-electron chi connectivity index (χ4n) is 1.73. The van der Waals surface area contributed by atoms with Gasteiger partial charge in [-0.25, -0.2) is 4.98 Å². The molecule has 1 atom stereocenters. The van der Waals surface area contributed by atoms with Gasteiger partial charge in [0.05, 0.1) is 5.56 Å². The Morgan fingerprint density at radius 1 is 1.62 bits per heavy atom. The second-order valence-electron chi connectivity index (χ2n) is 3.91. The quantitative estimate of drug-likeness (QED) is 0.840. The summed E-state index contributed by atoms with van der Waals surface area (Å²) in [6.07, 6.45) is 2.62. The van der Waals surface area contributed by atoms with Crippen molar-refractivity contribution in [1.82, 2.24) is 9.88 Å². The number of nitrogens with two attached hydrogens (primary N) is 1. The molecule has 0 radical (unpaired) electrons. The average Bonchev–Trinajstić information content (AvgIpc) is 2.81. The van der Waals surface area contributed by atoms with Crippen LogP contribution in [0.3, 0.4) is 0 Å². The van der Waals surface area contributed by atoms with Crippen LogP contribution in [0.5, 0.6) is 0 Å². The Kier molecular flexibility index (Phi) is 3.33. The van der Waals surface area contributed by atoms with Gasteiger partial charge in [0.15, 0.2) is 0 Å². The molecule has 0 spiro atoms. The predicted molar refractivity (Wildman–Crippen MR) is 66.5 cm³/mol. The molecule has 1 fully saturated rings. The largest absolute Gasteiger partial charge is 0.384 e. The molecule has 4 nitrogen and oxygen atoms in total. The van der Waals surface area contributed by atoms with E-state index < -0.39 is 0 Å². The van der Waals surface area contributed by atoms with Gasteiger partial charge in [0.1, 0.15) is 5.82 Å². The van der Waals surface area contributed by atoms with Crippen LogP contribution in [0.4, 0.5) is 5.82 Å². The maximum absolute atomic E-state index is 12.1. The lowest BCUT2D eigenvalue weighted by molar-refractivity contribution is 0.0747. The second kappa shape index (κ2) is 4.74. The molecule has 2 N–H and O–H groups in total. The zero-order chi connectivity index (χ0) is 11.5. The molecule has 16 heavy (non-hydrogen) atoms. The third kappa shape index (κ3) is 2.29. The van der Waals surface area contributed by atoms with Crippen molar-refractivity contribution in [1.29, 1.82) is 0 Å². The predicted octanol–water partition coefficient (Wildman–Crippen LogP) is 1.24. The molecular formula is C11H15N3OS. The van der Waals surface area contributed by atoms with Gasteiger partial charge in [-0.2, -0.15) is 11.8 Å². The molecule has 0 saturated carbocycles. The highest BCUT2D eigenvalue weighted by atomic mass is 32.2. The van der Waals surface area contributed by atoms with Crippen LogP contribution >= 0.6 is 11.8 Å². The molecule has 1 aliphatic rings. The molecule has 5 heteroatoms. The summed E-state index contributed by atoms with van der Waals surface area (Å²) in [6, 6.07) is 3.74. The summed E-state index contributed by atoms with van der Waals surface area (Å²) in [5, 5.41) is 0. The number of thioether (sulfide) groups is 1. The van der Waals surface area contributed by atoms with Crippen LogP contribution in [0.1, 0.15) is 16.8 Å². The maximum Gasteiger partial charge on any atom is 0.255 e.